The molecule has 2 N–H and O–H groups in total. The van der Waals surface area contributed by atoms with E-state index in [1.165, 1.54) is 4.88 Å². The molecule has 0 radical (unpaired) electrons. The lowest BCUT2D eigenvalue weighted by Gasteiger charge is -2.17. The molecule has 1 unspecified atom stereocenters. The van der Waals surface area contributed by atoms with Gasteiger partial charge in [-0.25, -0.2) is 9.78 Å². The summed E-state index contributed by atoms with van der Waals surface area (Å²) in [6, 6.07) is -0.513. The van der Waals surface area contributed by atoms with E-state index in [4.69, 9.17) is 4.98 Å². The van der Waals surface area contributed by atoms with Crippen LogP contribution in [0.15, 0.2) is 22.6 Å². The molecule has 0 fully saturated rings. The van der Waals surface area contributed by atoms with E-state index in [0.29, 0.717) is 35.5 Å². The van der Waals surface area contributed by atoms with E-state index >= 15 is 0 Å². The van der Waals surface area contributed by atoms with E-state index in [2.05, 4.69) is 24.1 Å². The van der Waals surface area contributed by atoms with Crippen LogP contribution in [0.5, 0.6) is 0 Å². The van der Waals surface area contributed by atoms with Gasteiger partial charge < -0.3 is 5.32 Å². The third-order valence-corrected chi connectivity index (χ3v) is 7.07. The normalized spacial score (nSPS) is 15.8. The van der Waals surface area contributed by atoms with E-state index in [1.807, 2.05) is 13.8 Å². The quantitative estimate of drug-likeness (QED) is 0.385. The number of thiophene rings is 1. The number of imide groups is 1. The Hall–Kier alpha value is -2.13. The summed E-state index contributed by atoms with van der Waals surface area (Å²) in [6.07, 6.45) is 4.62. The first-order valence-electron chi connectivity index (χ1n) is 10.2. The molecule has 0 aromatic carbocycles. The number of hydrogen-bond donors (Lipinski definition) is 2. The topological polar surface area (TPSA) is 93.1 Å². The first kappa shape index (κ1) is 22.6. The zero-order valence-corrected chi connectivity index (χ0v) is 19.3. The lowest BCUT2D eigenvalue weighted by molar-refractivity contribution is -0.117. The summed E-state index contributed by atoms with van der Waals surface area (Å²) in [6.45, 7) is 10.7. The number of rotatable bonds is 7. The minimum absolute atomic E-state index is 0.00763. The van der Waals surface area contributed by atoms with Gasteiger partial charge in [-0.1, -0.05) is 38.6 Å². The van der Waals surface area contributed by atoms with Crippen molar-refractivity contribution >= 4 is 45.3 Å². The number of nitrogens with zero attached hydrogens (tertiary/aromatic N) is 2. The highest BCUT2D eigenvalue weighted by Crippen LogP contribution is 2.36. The maximum atomic E-state index is 13.2. The molecule has 162 valence electrons. The molecule has 9 heteroatoms. The number of hydrogen-bond acceptors (Lipinski definition) is 6. The van der Waals surface area contributed by atoms with Crippen LogP contribution in [0, 0.1) is 11.8 Å². The fourth-order valence-electron chi connectivity index (χ4n) is 3.44. The number of nitrogens with one attached hydrogen (secondary N) is 2. The summed E-state index contributed by atoms with van der Waals surface area (Å²) >= 11 is 2.74. The average Bonchev–Trinajstić information content (AvgIpc) is 3.04. The molecule has 3 rings (SSSR count). The van der Waals surface area contributed by atoms with Crippen molar-refractivity contribution in [3.63, 3.8) is 0 Å². The number of allylic oxidation sites excluding steroid dienone is 1. The number of fused-ring (bicyclic) bond motifs is 3. The summed E-state index contributed by atoms with van der Waals surface area (Å²) in [5, 5.41) is 6.14. The predicted molar refractivity (Wildman–Crippen MR) is 122 cm³/mol. The highest BCUT2D eigenvalue weighted by atomic mass is 32.2. The van der Waals surface area contributed by atoms with E-state index in [-0.39, 0.29) is 11.3 Å². The van der Waals surface area contributed by atoms with Crippen molar-refractivity contribution in [2.45, 2.75) is 51.7 Å². The third kappa shape index (κ3) is 5.13. The molecular weight excluding hydrogens is 420 g/mol. The zero-order chi connectivity index (χ0) is 21.8. The van der Waals surface area contributed by atoms with Gasteiger partial charge >= 0.3 is 6.03 Å². The zero-order valence-electron chi connectivity index (χ0n) is 17.6. The van der Waals surface area contributed by atoms with Gasteiger partial charge in [0, 0.05) is 18.0 Å². The molecular formula is C21H28N4O3S2. The smallest absolute Gasteiger partial charge is 0.321 e. The summed E-state index contributed by atoms with van der Waals surface area (Å²) in [5.41, 5.74) is 1.06. The largest absolute Gasteiger partial charge is 0.338 e. The minimum atomic E-state index is -0.513. The maximum absolute atomic E-state index is 13.2. The Morgan fingerprint density at radius 3 is 2.90 bits per heavy atom. The number of carbonyl (C=O) groups is 2. The monoisotopic (exact) mass is 448 g/mol. The lowest BCUT2D eigenvalue weighted by atomic mass is 9.89. The molecule has 0 aliphatic heterocycles. The highest BCUT2D eigenvalue weighted by Gasteiger charge is 2.24. The summed E-state index contributed by atoms with van der Waals surface area (Å²) in [7, 11) is 0. The standard InChI is InChI=1S/C21H28N4O3S2/c1-5-8-25-19(27)17-14-7-6-13(4)9-15(14)30-18(17)24-21(25)29-11-16(26)23-20(28)22-10-12(2)3/h5,12-13H,1,6-11H2,2-4H3,(H2,22,23,26,28). The van der Waals surface area contributed by atoms with Crippen LogP contribution in [0.25, 0.3) is 10.2 Å². The maximum Gasteiger partial charge on any atom is 0.321 e. The van der Waals surface area contributed by atoms with Crippen molar-refractivity contribution in [1.29, 1.82) is 0 Å². The van der Waals surface area contributed by atoms with Crippen LogP contribution in [-0.2, 0) is 24.2 Å². The molecule has 2 aromatic heterocycles. The molecule has 1 atom stereocenters. The molecule has 3 amide bonds. The van der Waals surface area contributed by atoms with Gasteiger partial charge in [0.1, 0.15) is 4.83 Å². The Bertz CT molecular complexity index is 1030. The molecule has 30 heavy (non-hydrogen) atoms. The van der Waals surface area contributed by atoms with Crippen LogP contribution in [-0.4, -0.2) is 33.8 Å². The van der Waals surface area contributed by atoms with Gasteiger partial charge in [0.2, 0.25) is 5.91 Å². The fraction of sp³-hybridized carbons (Fsp3) is 0.524. The molecule has 0 bridgehead atoms. The van der Waals surface area contributed by atoms with Crippen LogP contribution in [0.2, 0.25) is 0 Å². The predicted octanol–water partition coefficient (Wildman–Crippen LogP) is 3.34. The number of urea groups is 1. The van der Waals surface area contributed by atoms with Crippen molar-refractivity contribution in [3.8, 4) is 0 Å². The molecule has 1 aliphatic rings. The highest BCUT2D eigenvalue weighted by molar-refractivity contribution is 7.99. The van der Waals surface area contributed by atoms with E-state index in [1.54, 1.807) is 22.0 Å². The van der Waals surface area contributed by atoms with Crippen molar-refractivity contribution in [3.05, 3.63) is 33.4 Å². The van der Waals surface area contributed by atoms with Gasteiger partial charge in [-0.15, -0.1) is 17.9 Å². The van der Waals surface area contributed by atoms with Crippen LogP contribution in [0.1, 0.15) is 37.6 Å². The number of carbonyl (C=O) groups excluding carboxylic acids is 2. The number of amides is 3. The Labute approximate surface area is 184 Å². The Morgan fingerprint density at radius 1 is 1.43 bits per heavy atom. The molecule has 0 spiro atoms. The van der Waals surface area contributed by atoms with Gasteiger partial charge in [0.05, 0.1) is 11.1 Å². The van der Waals surface area contributed by atoms with Crippen LogP contribution >= 0.6 is 23.1 Å². The van der Waals surface area contributed by atoms with E-state index in [9.17, 15) is 14.4 Å². The van der Waals surface area contributed by atoms with Gasteiger partial charge in [-0.3, -0.25) is 19.5 Å². The van der Waals surface area contributed by atoms with Crippen molar-refractivity contribution < 1.29 is 9.59 Å². The first-order chi connectivity index (χ1) is 14.3. The molecule has 2 heterocycles. The second-order valence-electron chi connectivity index (χ2n) is 8.07. The summed E-state index contributed by atoms with van der Waals surface area (Å²) in [5.74, 6) is 0.469. The SMILES string of the molecule is C=CCn1c(SCC(=O)NC(=O)NCC(C)C)nc2sc3c(c2c1=O)CCC(C)C3. The van der Waals surface area contributed by atoms with Crippen LogP contribution in [0.3, 0.4) is 0 Å². The number of aryl methyl sites for hydroxylation is 1. The third-order valence-electron chi connectivity index (χ3n) is 4.95. The second-order valence-corrected chi connectivity index (χ2v) is 10.1. The first-order valence-corrected chi connectivity index (χ1v) is 12.0. The van der Waals surface area contributed by atoms with Gasteiger partial charge in [-0.2, -0.15) is 0 Å². The summed E-state index contributed by atoms with van der Waals surface area (Å²) in [4.78, 5) is 43.9. The summed E-state index contributed by atoms with van der Waals surface area (Å²) < 4.78 is 1.57. The van der Waals surface area contributed by atoms with Crippen LogP contribution in [0.4, 0.5) is 4.79 Å². The number of thioether (sulfide) groups is 1. The average molecular weight is 449 g/mol. The van der Waals surface area contributed by atoms with E-state index < -0.39 is 11.9 Å². The van der Waals surface area contributed by atoms with Gasteiger partial charge in [0.15, 0.2) is 5.16 Å². The van der Waals surface area contributed by atoms with Gasteiger partial charge in [-0.05, 0) is 36.7 Å². The molecule has 2 aromatic rings. The van der Waals surface area contributed by atoms with E-state index in [0.717, 1.165) is 41.4 Å². The second kappa shape index (κ2) is 9.78. The molecule has 7 nitrogen and oxygen atoms in total. The Balaban J connectivity index is 1.80. The number of aromatic nitrogens is 2. The van der Waals surface area contributed by atoms with Crippen LogP contribution < -0.4 is 16.2 Å². The molecule has 0 saturated carbocycles. The van der Waals surface area contributed by atoms with Crippen molar-refractivity contribution in [2.24, 2.45) is 11.8 Å². The Morgan fingerprint density at radius 2 is 2.20 bits per heavy atom. The van der Waals surface area contributed by atoms with Crippen molar-refractivity contribution in [1.82, 2.24) is 20.2 Å². The molecule has 0 saturated heterocycles. The minimum Gasteiger partial charge on any atom is -0.338 e. The van der Waals surface area contributed by atoms with Gasteiger partial charge in [0.25, 0.3) is 5.56 Å². The lowest BCUT2D eigenvalue weighted by Crippen LogP contribution is -2.41. The van der Waals surface area contributed by atoms with Crippen molar-refractivity contribution in [2.75, 3.05) is 12.3 Å². The fourth-order valence-corrected chi connectivity index (χ4v) is 5.67. The Kier molecular flexibility index (Phi) is 7.36. The molecule has 1 aliphatic carbocycles.